The first-order chi connectivity index (χ1) is 11.7. The highest BCUT2D eigenvalue weighted by atomic mass is 32.1. The van der Waals surface area contributed by atoms with Crippen LogP contribution < -0.4 is 5.32 Å². The summed E-state index contributed by atoms with van der Waals surface area (Å²) in [4.78, 5) is 30.5. The molecular formula is C18H23N3O3S. The number of nitrogens with zero attached hydrogens (tertiary/aromatic N) is 1. The van der Waals surface area contributed by atoms with Gasteiger partial charge in [-0.25, -0.2) is 0 Å². The third kappa shape index (κ3) is 3.92. The van der Waals surface area contributed by atoms with Gasteiger partial charge in [-0.05, 0) is 70.5 Å². The van der Waals surface area contributed by atoms with Crippen molar-refractivity contribution >= 4 is 35.1 Å². The van der Waals surface area contributed by atoms with Gasteiger partial charge in [0.25, 0.3) is 10.7 Å². The van der Waals surface area contributed by atoms with Crippen molar-refractivity contribution in [3.63, 3.8) is 0 Å². The summed E-state index contributed by atoms with van der Waals surface area (Å²) < 4.78 is 5.40. The lowest BCUT2D eigenvalue weighted by atomic mass is 9.98. The predicted octanol–water partition coefficient (Wildman–Crippen LogP) is 3.40. The van der Waals surface area contributed by atoms with E-state index in [1.54, 1.807) is 23.1 Å². The summed E-state index contributed by atoms with van der Waals surface area (Å²) in [6.45, 7) is 6.39. The predicted molar refractivity (Wildman–Crippen MR) is 98.0 cm³/mol. The first-order valence-electron chi connectivity index (χ1n) is 8.50. The molecule has 6 nitrogen and oxygen atoms in total. The maximum Gasteiger partial charge on any atom is 0.266 e. The third-order valence-electron chi connectivity index (χ3n) is 4.23. The van der Waals surface area contributed by atoms with Crippen molar-refractivity contribution in [3.8, 4) is 0 Å². The number of hydrogen-bond acceptors (Lipinski definition) is 4. The molecule has 0 spiro atoms. The third-order valence-corrected chi connectivity index (χ3v) is 4.42. The second kappa shape index (κ2) is 6.63. The van der Waals surface area contributed by atoms with Gasteiger partial charge in [-0.3, -0.25) is 9.59 Å². The van der Waals surface area contributed by atoms with Crippen LogP contribution in [-0.4, -0.2) is 39.8 Å². The normalized spacial score (nSPS) is 18.4. The fraction of sp³-hybridized carbons (Fsp3) is 0.500. The Bertz CT molecular complexity index is 862. The zero-order valence-electron chi connectivity index (χ0n) is 14.7. The van der Waals surface area contributed by atoms with Crippen LogP contribution in [0.25, 0.3) is 11.1 Å². The first-order valence-corrected chi connectivity index (χ1v) is 8.91. The van der Waals surface area contributed by atoms with Crippen LogP contribution in [0, 0.1) is 4.84 Å². The number of fused-ring (bicyclic) bond motifs is 1. The van der Waals surface area contributed by atoms with Crippen molar-refractivity contribution in [2.24, 2.45) is 0 Å². The van der Waals surface area contributed by atoms with E-state index in [2.05, 4.69) is 10.3 Å². The van der Waals surface area contributed by atoms with E-state index in [1.807, 2.05) is 20.8 Å². The van der Waals surface area contributed by atoms with Crippen molar-refractivity contribution in [2.45, 2.75) is 51.6 Å². The highest BCUT2D eigenvalue weighted by molar-refractivity contribution is 7.71. The molecule has 1 aliphatic rings. The molecule has 25 heavy (non-hydrogen) atoms. The smallest absolute Gasteiger partial charge is 0.266 e. The van der Waals surface area contributed by atoms with E-state index in [9.17, 15) is 9.59 Å². The summed E-state index contributed by atoms with van der Waals surface area (Å²) in [5, 5.41) is 2.99. The lowest BCUT2D eigenvalue weighted by Gasteiger charge is -2.36. The number of aromatic nitrogens is 1. The summed E-state index contributed by atoms with van der Waals surface area (Å²) in [5.74, 6) is -0.251. The number of piperidine rings is 1. The number of benzene rings is 1. The number of nitrogens with one attached hydrogen (secondary N) is 2. The van der Waals surface area contributed by atoms with Gasteiger partial charge < -0.3 is 19.6 Å². The van der Waals surface area contributed by atoms with E-state index >= 15 is 0 Å². The van der Waals surface area contributed by atoms with E-state index in [0.717, 1.165) is 18.4 Å². The summed E-state index contributed by atoms with van der Waals surface area (Å²) in [6.07, 6.45) is 2.52. The van der Waals surface area contributed by atoms with Gasteiger partial charge in [0.1, 0.15) is 6.04 Å². The van der Waals surface area contributed by atoms with E-state index < -0.39 is 6.04 Å². The minimum atomic E-state index is -0.436. The second-order valence-corrected chi connectivity index (χ2v) is 7.85. The number of carbonyl (C=O) groups excluding carboxylic acids is 2. The van der Waals surface area contributed by atoms with Gasteiger partial charge in [-0.15, -0.1) is 0 Å². The molecule has 1 aromatic carbocycles. The highest BCUT2D eigenvalue weighted by Crippen LogP contribution is 2.23. The maximum absolute atomic E-state index is 13.0. The summed E-state index contributed by atoms with van der Waals surface area (Å²) in [7, 11) is 0. The number of oxazole rings is 1. The van der Waals surface area contributed by atoms with Crippen LogP contribution in [0.3, 0.4) is 0 Å². The van der Waals surface area contributed by atoms with Crippen LogP contribution >= 0.6 is 12.2 Å². The lowest BCUT2D eigenvalue weighted by Crippen LogP contribution is -2.55. The molecule has 1 aromatic heterocycles. The Kier molecular flexibility index (Phi) is 4.69. The molecule has 1 saturated heterocycles. The highest BCUT2D eigenvalue weighted by Gasteiger charge is 2.34. The van der Waals surface area contributed by atoms with Crippen molar-refractivity contribution in [3.05, 3.63) is 28.6 Å². The Hall–Kier alpha value is -2.15. The molecule has 1 aliphatic heterocycles. The SMILES string of the molecule is CC(C)(C)NC(=O)[C@H]1CCCCN1C(=O)c1ccc2[nH]c(=S)oc2c1. The van der Waals surface area contributed by atoms with Gasteiger partial charge in [-0.2, -0.15) is 0 Å². The molecule has 0 unspecified atom stereocenters. The number of hydrogen-bond donors (Lipinski definition) is 2. The van der Waals surface area contributed by atoms with Crippen molar-refractivity contribution < 1.29 is 14.0 Å². The van der Waals surface area contributed by atoms with E-state index in [-0.39, 0.29) is 22.2 Å². The second-order valence-electron chi connectivity index (χ2n) is 7.47. The molecule has 134 valence electrons. The number of carbonyl (C=O) groups is 2. The van der Waals surface area contributed by atoms with Gasteiger partial charge in [-0.1, -0.05) is 0 Å². The summed E-state index contributed by atoms with van der Waals surface area (Å²) in [6, 6.07) is 4.75. The fourth-order valence-electron chi connectivity index (χ4n) is 3.14. The maximum atomic E-state index is 13.0. The molecule has 2 heterocycles. The summed E-state index contributed by atoms with van der Waals surface area (Å²) >= 11 is 4.98. The van der Waals surface area contributed by atoms with Crippen LogP contribution in [0.2, 0.25) is 0 Å². The van der Waals surface area contributed by atoms with Gasteiger partial charge >= 0.3 is 0 Å². The quantitative estimate of drug-likeness (QED) is 0.804. The number of rotatable bonds is 2. The molecule has 0 radical (unpaired) electrons. The molecule has 2 N–H and O–H groups in total. The molecule has 0 bridgehead atoms. The van der Waals surface area contributed by atoms with Crippen LogP contribution in [0.1, 0.15) is 50.4 Å². The minimum absolute atomic E-state index is 0.0965. The number of likely N-dealkylation sites (tertiary alicyclic amines) is 1. The molecule has 2 amide bonds. The molecule has 0 aliphatic carbocycles. The van der Waals surface area contributed by atoms with Gasteiger partial charge in [0, 0.05) is 17.6 Å². The molecule has 3 rings (SSSR count). The van der Waals surface area contributed by atoms with Crippen LogP contribution in [-0.2, 0) is 4.79 Å². The molecular weight excluding hydrogens is 338 g/mol. The number of amides is 2. The largest absolute Gasteiger partial charge is 0.429 e. The standard InChI is InChI=1S/C18H23N3O3S/c1-18(2,3)20-15(22)13-6-4-5-9-21(13)16(23)11-7-8-12-14(10-11)24-17(25)19-12/h7-8,10,13H,4-6,9H2,1-3H3,(H,19,25)(H,20,22)/t13-/m1/s1. The molecule has 1 fully saturated rings. The van der Waals surface area contributed by atoms with Crippen molar-refractivity contribution in [2.75, 3.05) is 6.54 Å². The Morgan fingerprint density at radius 3 is 2.80 bits per heavy atom. The Labute approximate surface area is 151 Å². The van der Waals surface area contributed by atoms with Crippen LogP contribution in [0.4, 0.5) is 0 Å². The average Bonchev–Trinajstić information content (AvgIpc) is 2.91. The topological polar surface area (TPSA) is 78.3 Å². The van der Waals surface area contributed by atoms with Crippen LogP contribution in [0.15, 0.2) is 22.6 Å². The van der Waals surface area contributed by atoms with Gasteiger partial charge in [0.15, 0.2) is 5.58 Å². The zero-order chi connectivity index (χ0) is 18.2. The zero-order valence-corrected chi connectivity index (χ0v) is 15.5. The van der Waals surface area contributed by atoms with E-state index in [0.29, 0.717) is 24.1 Å². The van der Waals surface area contributed by atoms with Crippen molar-refractivity contribution in [1.29, 1.82) is 0 Å². The van der Waals surface area contributed by atoms with Crippen molar-refractivity contribution in [1.82, 2.24) is 15.2 Å². The molecule has 7 heteroatoms. The van der Waals surface area contributed by atoms with Gasteiger partial charge in [0.2, 0.25) is 5.91 Å². The Morgan fingerprint density at radius 2 is 2.08 bits per heavy atom. The van der Waals surface area contributed by atoms with Crippen LogP contribution in [0.5, 0.6) is 0 Å². The number of aromatic amines is 1. The first kappa shape index (κ1) is 17.7. The average molecular weight is 361 g/mol. The van der Waals surface area contributed by atoms with E-state index in [4.69, 9.17) is 16.6 Å². The minimum Gasteiger partial charge on any atom is -0.429 e. The fourth-order valence-corrected chi connectivity index (χ4v) is 3.34. The van der Waals surface area contributed by atoms with Gasteiger partial charge in [0.05, 0.1) is 5.52 Å². The number of H-pyrrole nitrogens is 1. The molecule has 2 aromatic rings. The monoisotopic (exact) mass is 361 g/mol. The van der Waals surface area contributed by atoms with E-state index in [1.165, 1.54) is 0 Å². The summed E-state index contributed by atoms with van der Waals surface area (Å²) in [5.41, 5.74) is 1.47. The molecule has 1 atom stereocenters. The Morgan fingerprint density at radius 1 is 1.32 bits per heavy atom. The lowest BCUT2D eigenvalue weighted by molar-refractivity contribution is -0.128. The Balaban J connectivity index is 1.86. The molecule has 0 saturated carbocycles.